The van der Waals surface area contributed by atoms with Crippen LogP contribution in [-0.2, 0) is 0 Å². The van der Waals surface area contributed by atoms with E-state index in [-0.39, 0.29) is 24.0 Å². The second kappa shape index (κ2) is 7.61. The van der Waals surface area contributed by atoms with Crippen molar-refractivity contribution >= 4 is 35.6 Å². The summed E-state index contributed by atoms with van der Waals surface area (Å²) in [4.78, 5) is 9.58. The summed E-state index contributed by atoms with van der Waals surface area (Å²) in [7, 11) is 0. The molecule has 0 amide bonds. The first-order valence-electron chi connectivity index (χ1n) is 7.72. The normalized spacial score (nSPS) is 27.4. The number of hydrogen-bond donors (Lipinski definition) is 2. The largest absolute Gasteiger partial charge is 0.370 e. The van der Waals surface area contributed by atoms with Gasteiger partial charge in [0, 0.05) is 44.5 Å². The first-order valence-corrected chi connectivity index (χ1v) is 7.72. The number of nitrogens with one attached hydrogen (secondary N) is 1. The van der Waals surface area contributed by atoms with Crippen LogP contribution in [0.15, 0.2) is 23.2 Å². The molecule has 4 rings (SSSR count). The number of guanidine groups is 1. The molecule has 3 saturated heterocycles. The number of rotatable bonds is 3. The third kappa shape index (κ3) is 4.11. The van der Waals surface area contributed by atoms with Gasteiger partial charge in [-0.05, 0) is 37.1 Å². The van der Waals surface area contributed by atoms with Gasteiger partial charge in [0.05, 0.1) is 6.54 Å². The average molecular weight is 415 g/mol. The molecule has 0 saturated carbocycles. The number of benzene rings is 1. The molecule has 1 unspecified atom stereocenters. The Morgan fingerprint density at radius 2 is 1.95 bits per heavy atom. The molecule has 3 heterocycles. The number of anilines is 1. The van der Waals surface area contributed by atoms with Crippen LogP contribution >= 0.6 is 24.0 Å². The summed E-state index contributed by atoms with van der Waals surface area (Å²) in [6, 6.07) is 6.77. The molecule has 3 N–H and O–H groups in total. The Morgan fingerprint density at radius 3 is 2.55 bits per heavy atom. The van der Waals surface area contributed by atoms with E-state index in [4.69, 9.17) is 5.73 Å². The van der Waals surface area contributed by atoms with Crippen LogP contribution in [0, 0.1) is 13.8 Å². The van der Waals surface area contributed by atoms with E-state index >= 15 is 0 Å². The zero-order valence-electron chi connectivity index (χ0n) is 13.4. The van der Waals surface area contributed by atoms with Crippen LogP contribution in [0.5, 0.6) is 0 Å². The Balaban J connectivity index is 0.00000176. The van der Waals surface area contributed by atoms with Gasteiger partial charge in [-0.3, -0.25) is 14.8 Å². The molecule has 1 aromatic rings. The van der Waals surface area contributed by atoms with Gasteiger partial charge in [-0.15, -0.1) is 24.0 Å². The van der Waals surface area contributed by atoms with Crippen molar-refractivity contribution in [3.8, 4) is 0 Å². The van der Waals surface area contributed by atoms with E-state index in [0.717, 1.165) is 18.8 Å². The highest BCUT2D eigenvalue weighted by molar-refractivity contribution is 14.0. The van der Waals surface area contributed by atoms with Crippen molar-refractivity contribution < 1.29 is 0 Å². The molecule has 3 aliphatic heterocycles. The maximum atomic E-state index is 6.02. The predicted molar refractivity (Wildman–Crippen MR) is 103 cm³/mol. The minimum absolute atomic E-state index is 0. The van der Waals surface area contributed by atoms with Crippen molar-refractivity contribution in [2.45, 2.75) is 19.9 Å². The van der Waals surface area contributed by atoms with Crippen LogP contribution in [0.2, 0.25) is 0 Å². The molecular formula is C16H26IN5. The number of piperazine rings is 3. The Labute approximate surface area is 150 Å². The van der Waals surface area contributed by atoms with Crippen LogP contribution < -0.4 is 11.1 Å². The Bertz CT molecular complexity index is 537. The second-order valence-electron chi connectivity index (χ2n) is 6.14. The van der Waals surface area contributed by atoms with Crippen molar-refractivity contribution in [1.82, 2.24) is 9.80 Å². The predicted octanol–water partition coefficient (Wildman–Crippen LogP) is 1.65. The van der Waals surface area contributed by atoms with E-state index in [9.17, 15) is 0 Å². The fourth-order valence-corrected chi connectivity index (χ4v) is 3.11. The quantitative estimate of drug-likeness (QED) is 0.448. The fraction of sp³-hybridized carbons (Fsp3) is 0.562. The van der Waals surface area contributed by atoms with E-state index in [1.807, 2.05) is 6.07 Å². The SMILES string of the molecule is Cc1ccc(NC(N)=NCC2CN3CCN2CC3)cc1C.I. The molecule has 3 aliphatic rings. The summed E-state index contributed by atoms with van der Waals surface area (Å²) >= 11 is 0. The summed E-state index contributed by atoms with van der Waals surface area (Å²) < 4.78 is 0. The molecule has 0 aliphatic carbocycles. The molecule has 0 spiro atoms. The number of nitrogens with zero attached hydrogens (tertiary/aromatic N) is 3. The van der Waals surface area contributed by atoms with Crippen LogP contribution in [0.1, 0.15) is 11.1 Å². The number of hydrogen-bond acceptors (Lipinski definition) is 3. The molecular weight excluding hydrogens is 389 g/mol. The summed E-state index contributed by atoms with van der Waals surface area (Å²) in [5, 5.41) is 3.19. The third-order valence-corrected chi connectivity index (χ3v) is 4.64. The summed E-state index contributed by atoms with van der Waals surface area (Å²) in [5.41, 5.74) is 9.57. The summed E-state index contributed by atoms with van der Waals surface area (Å²) in [6.45, 7) is 10.9. The second-order valence-corrected chi connectivity index (χ2v) is 6.14. The van der Waals surface area contributed by atoms with Gasteiger partial charge >= 0.3 is 0 Å². The van der Waals surface area contributed by atoms with Crippen LogP contribution in [0.25, 0.3) is 0 Å². The lowest BCUT2D eigenvalue weighted by atomic mass is 10.1. The lowest BCUT2D eigenvalue weighted by Crippen LogP contribution is -2.61. The van der Waals surface area contributed by atoms with Gasteiger partial charge in [-0.25, -0.2) is 0 Å². The molecule has 22 heavy (non-hydrogen) atoms. The maximum Gasteiger partial charge on any atom is 0.193 e. The highest BCUT2D eigenvalue weighted by atomic mass is 127. The van der Waals surface area contributed by atoms with Gasteiger partial charge < -0.3 is 11.1 Å². The minimum atomic E-state index is 0. The van der Waals surface area contributed by atoms with Crippen molar-refractivity contribution in [3.63, 3.8) is 0 Å². The number of fused-ring (bicyclic) bond motifs is 3. The smallest absolute Gasteiger partial charge is 0.193 e. The van der Waals surface area contributed by atoms with E-state index in [0.29, 0.717) is 12.0 Å². The Hall–Kier alpha value is -0.860. The third-order valence-electron chi connectivity index (χ3n) is 4.64. The maximum absolute atomic E-state index is 6.02. The molecule has 5 nitrogen and oxygen atoms in total. The molecule has 6 heteroatoms. The van der Waals surface area contributed by atoms with Crippen molar-refractivity contribution in [1.29, 1.82) is 0 Å². The van der Waals surface area contributed by atoms with Crippen molar-refractivity contribution in [2.24, 2.45) is 10.7 Å². The molecule has 1 atom stereocenters. The molecule has 122 valence electrons. The highest BCUT2D eigenvalue weighted by Gasteiger charge is 2.31. The first-order chi connectivity index (χ1) is 10.1. The first kappa shape index (κ1) is 17.5. The molecule has 0 aromatic heterocycles. The van der Waals surface area contributed by atoms with Gasteiger partial charge in [0.2, 0.25) is 0 Å². The number of halogens is 1. The Kier molecular flexibility index (Phi) is 6.05. The van der Waals surface area contributed by atoms with E-state index in [1.54, 1.807) is 0 Å². The van der Waals surface area contributed by atoms with E-state index in [2.05, 4.69) is 46.1 Å². The van der Waals surface area contributed by atoms with Gasteiger partial charge in [0.25, 0.3) is 0 Å². The number of nitrogens with two attached hydrogens (primary N) is 1. The Morgan fingerprint density at radius 1 is 1.23 bits per heavy atom. The van der Waals surface area contributed by atoms with E-state index in [1.165, 1.54) is 37.3 Å². The van der Waals surface area contributed by atoms with Crippen LogP contribution in [0.3, 0.4) is 0 Å². The van der Waals surface area contributed by atoms with Gasteiger partial charge in [0.15, 0.2) is 5.96 Å². The average Bonchev–Trinajstić information content (AvgIpc) is 2.50. The van der Waals surface area contributed by atoms with E-state index < -0.39 is 0 Å². The fourth-order valence-electron chi connectivity index (χ4n) is 3.11. The van der Waals surface area contributed by atoms with Gasteiger partial charge in [0.1, 0.15) is 0 Å². The monoisotopic (exact) mass is 415 g/mol. The number of aliphatic imine (C=N–C) groups is 1. The molecule has 1 aromatic carbocycles. The van der Waals surface area contributed by atoms with Crippen molar-refractivity contribution in [2.75, 3.05) is 44.6 Å². The molecule has 2 bridgehead atoms. The van der Waals surface area contributed by atoms with Gasteiger partial charge in [-0.1, -0.05) is 6.07 Å². The number of aryl methyl sites for hydroxylation is 2. The summed E-state index contributed by atoms with van der Waals surface area (Å²) in [6.07, 6.45) is 0. The lowest BCUT2D eigenvalue weighted by Gasteiger charge is -2.47. The van der Waals surface area contributed by atoms with Crippen LogP contribution in [0.4, 0.5) is 5.69 Å². The standard InChI is InChI=1S/C16H25N5.HI/c1-12-3-4-14(9-13(12)2)19-16(17)18-10-15-11-20-5-7-21(15)8-6-20;/h3-4,9,15H,5-8,10-11H2,1-2H3,(H3,17,18,19);1H. The molecule has 0 radical (unpaired) electrons. The summed E-state index contributed by atoms with van der Waals surface area (Å²) in [5.74, 6) is 0.510. The molecule has 3 fully saturated rings. The minimum Gasteiger partial charge on any atom is -0.370 e. The highest BCUT2D eigenvalue weighted by Crippen LogP contribution is 2.16. The lowest BCUT2D eigenvalue weighted by molar-refractivity contribution is 0.0174. The zero-order chi connectivity index (χ0) is 14.8. The topological polar surface area (TPSA) is 56.9 Å². The zero-order valence-corrected chi connectivity index (χ0v) is 15.7. The van der Waals surface area contributed by atoms with Gasteiger partial charge in [-0.2, -0.15) is 0 Å². The van der Waals surface area contributed by atoms with Crippen LogP contribution in [-0.4, -0.2) is 61.1 Å². The van der Waals surface area contributed by atoms with Crippen molar-refractivity contribution in [3.05, 3.63) is 29.3 Å².